The van der Waals surface area contributed by atoms with Crippen molar-refractivity contribution < 1.29 is 0 Å². The molecule has 4 nitrogen and oxygen atoms in total. The van der Waals surface area contributed by atoms with E-state index >= 15 is 0 Å². The molecule has 4 unspecified atom stereocenters. The average molecular weight is 675 g/mol. The Labute approximate surface area is 305 Å². The van der Waals surface area contributed by atoms with E-state index < -0.39 is 0 Å². The van der Waals surface area contributed by atoms with Crippen molar-refractivity contribution in [1.29, 1.82) is 0 Å². The van der Waals surface area contributed by atoms with E-state index in [1.807, 2.05) is 0 Å². The fraction of sp³-hybridized carbons (Fsp3) is 0.250. The zero-order valence-electron chi connectivity index (χ0n) is 29.4. The zero-order valence-corrected chi connectivity index (χ0v) is 29.4. The Morgan fingerprint density at radius 3 is 0.769 bits per heavy atom. The number of fused-ring (bicyclic) bond motifs is 4. The van der Waals surface area contributed by atoms with Gasteiger partial charge >= 0.3 is 0 Å². The Balaban J connectivity index is 1.04. The molecule has 0 N–H and O–H groups in total. The summed E-state index contributed by atoms with van der Waals surface area (Å²) in [5.41, 5.74) is 4.91. The van der Waals surface area contributed by atoms with Gasteiger partial charge in [0, 0.05) is 92.8 Å². The highest BCUT2D eigenvalue weighted by Crippen LogP contribution is 2.53. The molecule has 0 aliphatic heterocycles. The van der Waals surface area contributed by atoms with Gasteiger partial charge in [-0.1, -0.05) is 97.1 Å². The summed E-state index contributed by atoms with van der Waals surface area (Å²) in [6.07, 6.45) is 15.1. The quantitative estimate of drug-likeness (QED) is 0.182. The molecule has 4 heterocycles. The molecular formula is C48H42N4. The van der Waals surface area contributed by atoms with Gasteiger partial charge < -0.3 is 0 Å². The number of aromatic nitrogens is 4. The molecule has 4 aromatic carbocycles. The lowest BCUT2D eigenvalue weighted by molar-refractivity contribution is 0.144. The van der Waals surface area contributed by atoms with Crippen molar-refractivity contribution in [3.8, 4) is 0 Å². The number of rotatable bonds is 5. The molecule has 8 aromatic rings. The van der Waals surface area contributed by atoms with Gasteiger partial charge in [-0.15, -0.1) is 0 Å². The van der Waals surface area contributed by atoms with Crippen LogP contribution in [0.2, 0.25) is 0 Å². The smallest absolute Gasteiger partial charge is 0.0441 e. The minimum atomic E-state index is 0.373. The predicted octanol–water partition coefficient (Wildman–Crippen LogP) is 11.9. The lowest BCUT2D eigenvalue weighted by Crippen LogP contribution is -2.32. The molecule has 52 heavy (non-hydrogen) atoms. The van der Waals surface area contributed by atoms with Gasteiger partial charge in [-0.2, -0.15) is 0 Å². The highest BCUT2D eigenvalue weighted by Gasteiger charge is 2.41. The van der Waals surface area contributed by atoms with Crippen molar-refractivity contribution in [2.45, 2.75) is 62.2 Å². The van der Waals surface area contributed by atoms with Gasteiger partial charge in [0.15, 0.2) is 0 Å². The molecular weight excluding hydrogens is 633 g/mol. The van der Waals surface area contributed by atoms with Crippen molar-refractivity contribution in [2.75, 3.05) is 0 Å². The van der Waals surface area contributed by atoms with Crippen LogP contribution >= 0.6 is 0 Å². The molecule has 4 atom stereocenters. The van der Waals surface area contributed by atoms with Crippen LogP contribution in [-0.2, 0) is 0 Å². The molecule has 0 spiro atoms. The molecule has 4 aromatic heterocycles. The van der Waals surface area contributed by atoms with Crippen molar-refractivity contribution in [2.24, 2.45) is 11.8 Å². The van der Waals surface area contributed by atoms with E-state index in [0.717, 1.165) is 38.5 Å². The molecule has 0 bridgehead atoms. The molecule has 2 saturated carbocycles. The summed E-state index contributed by atoms with van der Waals surface area (Å²) in [6, 6.07) is 44.0. The van der Waals surface area contributed by atoms with Crippen molar-refractivity contribution in [1.82, 2.24) is 19.9 Å². The third-order valence-electron chi connectivity index (χ3n) is 12.4. The molecule has 2 fully saturated rings. The SMILES string of the molecule is c1ccc2cc(C3CC(c4cc5ccccc5cn4)CC(C4CC(c5cc6ccccc6cn5)CC(c5cc6ccccc6cn5)C4)C3)ncc2c1. The highest BCUT2D eigenvalue weighted by molar-refractivity contribution is 5.84. The standard InChI is InChI=1S/C48H42N4/c1-5-13-35-27-49-45(23-31(35)9-1)41-17-39(18-42(21-41)46-24-32-10-2-6-14-36(32)28-50-46)40-19-43(47-25-33-11-3-7-15-37(33)29-51-47)22-44(20-40)48-26-34-12-4-8-16-38(34)30-52-48/h1-16,23-30,39-44H,17-22H2. The van der Waals surface area contributed by atoms with Crippen molar-refractivity contribution in [3.05, 3.63) is 169 Å². The van der Waals surface area contributed by atoms with E-state index in [1.54, 1.807) is 0 Å². The first kappa shape index (κ1) is 31.3. The topological polar surface area (TPSA) is 51.6 Å². The average Bonchev–Trinajstić information content (AvgIpc) is 3.22. The van der Waals surface area contributed by atoms with Crippen LogP contribution in [0.1, 0.15) is 85.0 Å². The van der Waals surface area contributed by atoms with Crippen LogP contribution in [0.5, 0.6) is 0 Å². The van der Waals surface area contributed by atoms with Crippen molar-refractivity contribution >= 4 is 43.1 Å². The predicted molar refractivity (Wildman–Crippen MR) is 213 cm³/mol. The number of hydrogen-bond donors (Lipinski definition) is 0. The minimum Gasteiger partial charge on any atom is -0.260 e. The Bertz CT molecular complexity index is 2210. The first-order valence-corrected chi connectivity index (χ1v) is 19.1. The summed E-state index contributed by atoms with van der Waals surface area (Å²) in [7, 11) is 0. The number of pyridine rings is 4. The van der Waals surface area contributed by atoms with E-state index in [2.05, 4.69) is 146 Å². The molecule has 0 radical (unpaired) electrons. The maximum atomic E-state index is 5.13. The second-order valence-corrected chi connectivity index (χ2v) is 15.5. The zero-order chi connectivity index (χ0) is 34.4. The van der Waals surface area contributed by atoms with Crippen LogP contribution in [-0.4, -0.2) is 19.9 Å². The van der Waals surface area contributed by atoms with Gasteiger partial charge in [0.2, 0.25) is 0 Å². The second kappa shape index (κ2) is 13.2. The third kappa shape index (κ3) is 6.00. The maximum Gasteiger partial charge on any atom is 0.0441 e. The van der Waals surface area contributed by atoms with Crippen LogP contribution in [0.3, 0.4) is 0 Å². The number of hydrogen-bond acceptors (Lipinski definition) is 4. The monoisotopic (exact) mass is 674 g/mol. The molecule has 10 rings (SSSR count). The van der Waals surface area contributed by atoms with Crippen LogP contribution in [0.4, 0.5) is 0 Å². The fourth-order valence-electron chi connectivity index (χ4n) is 9.76. The van der Waals surface area contributed by atoms with Gasteiger partial charge in [0.05, 0.1) is 0 Å². The summed E-state index contributed by atoms with van der Waals surface area (Å²) in [6.45, 7) is 0. The lowest BCUT2D eigenvalue weighted by atomic mass is 9.61. The summed E-state index contributed by atoms with van der Waals surface area (Å²) in [4.78, 5) is 20.5. The first-order chi connectivity index (χ1) is 25.7. The van der Waals surface area contributed by atoms with E-state index in [4.69, 9.17) is 19.9 Å². The Morgan fingerprint density at radius 2 is 0.519 bits per heavy atom. The third-order valence-corrected chi connectivity index (χ3v) is 12.4. The molecule has 0 amide bonds. The van der Waals surface area contributed by atoms with E-state index in [-0.39, 0.29) is 0 Å². The summed E-state index contributed by atoms with van der Waals surface area (Å²) in [5, 5.41) is 9.92. The lowest BCUT2D eigenvalue weighted by Gasteiger charge is -2.43. The molecule has 0 saturated heterocycles. The minimum absolute atomic E-state index is 0.373. The van der Waals surface area contributed by atoms with E-state index in [0.29, 0.717) is 35.5 Å². The van der Waals surface area contributed by atoms with Crippen LogP contribution < -0.4 is 0 Å². The van der Waals surface area contributed by atoms with Gasteiger partial charge in [-0.05, 0) is 96.2 Å². The van der Waals surface area contributed by atoms with Crippen LogP contribution in [0.15, 0.2) is 146 Å². The number of nitrogens with zero attached hydrogens (tertiary/aromatic N) is 4. The van der Waals surface area contributed by atoms with Gasteiger partial charge in [-0.3, -0.25) is 19.9 Å². The Morgan fingerprint density at radius 1 is 0.288 bits per heavy atom. The summed E-state index contributed by atoms with van der Waals surface area (Å²) < 4.78 is 0. The van der Waals surface area contributed by atoms with Gasteiger partial charge in [-0.25, -0.2) is 0 Å². The van der Waals surface area contributed by atoms with Gasteiger partial charge in [0.25, 0.3) is 0 Å². The van der Waals surface area contributed by atoms with Crippen LogP contribution in [0, 0.1) is 11.8 Å². The molecule has 4 heteroatoms. The fourth-order valence-corrected chi connectivity index (χ4v) is 9.76. The van der Waals surface area contributed by atoms with E-state index in [1.165, 1.54) is 65.9 Å². The van der Waals surface area contributed by atoms with Crippen molar-refractivity contribution in [3.63, 3.8) is 0 Å². The van der Waals surface area contributed by atoms with Crippen LogP contribution in [0.25, 0.3) is 43.1 Å². The largest absolute Gasteiger partial charge is 0.260 e. The summed E-state index contributed by atoms with van der Waals surface area (Å²) >= 11 is 0. The number of benzene rings is 4. The first-order valence-electron chi connectivity index (χ1n) is 19.1. The molecule has 254 valence electrons. The normalized spacial score (nSPS) is 23.7. The molecule has 2 aliphatic carbocycles. The second-order valence-electron chi connectivity index (χ2n) is 15.5. The maximum absolute atomic E-state index is 5.13. The Kier molecular flexibility index (Phi) is 7.97. The molecule has 2 aliphatic rings. The van der Waals surface area contributed by atoms with Gasteiger partial charge in [0.1, 0.15) is 0 Å². The Hall–Kier alpha value is -5.48. The highest BCUT2D eigenvalue weighted by atomic mass is 14.7. The van der Waals surface area contributed by atoms with E-state index in [9.17, 15) is 0 Å². The summed E-state index contributed by atoms with van der Waals surface area (Å²) in [5.74, 6) is 2.57.